The second kappa shape index (κ2) is 2.67. The van der Waals surface area contributed by atoms with Crippen molar-refractivity contribution in [1.82, 2.24) is 5.32 Å². The average Bonchev–Trinajstić information content (AvgIpc) is 2.36. The Balaban J connectivity index is 2.06. The zero-order chi connectivity index (χ0) is 7.84. The summed E-state index contributed by atoms with van der Waals surface area (Å²) in [6, 6.07) is 0.442. The van der Waals surface area contributed by atoms with E-state index in [2.05, 4.69) is 5.32 Å². The quantitative estimate of drug-likeness (QED) is 0.550. The maximum atomic E-state index is 11.1. The Labute approximate surface area is 71.3 Å². The van der Waals surface area contributed by atoms with E-state index < -0.39 is 0 Å². The van der Waals surface area contributed by atoms with Crippen LogP contribution in [0, 0.1) is 5.92 Å². The smallest absolute Gasteiger partial charge is 0.238 e. The van der Waals surface area contributed by atoms with Gasteiger partial charge in [0, 0.05) is 6.04 Å². The van der Waals surface area contributed by atoms with E-state index in [0.717, 1.165) is 12.8 Å². The molecule has 1 aliphatic carbocycles. The topological polar surface area (TPSA) is 29.1 Å². The van der Waals surface area contributed by atoms with E-state index in [9.17, 15) is 4.79 Å². The number of amides is 1. The van der Waals surface area contributed by atoms with Crippen molar-refractivity contribution in [2.45, 2.75) is 37.1 Å². The number of alkyl halides is 1. The Morgan fingerprint density at radius 1 is 1.45 bits per heavy atom. The van der Waals surface area contributed by atoms with Gasteiger partial charge in [0.15, 0.2) is 0 Å². The van der Waals surface area contributed by atoms with Crippen molar-refractivity contribution in [3.63, 3.8) is 0 Å². The van der Waals surface area contributed by atoms with Crippen molar-refractivity contribution in [3.05, 3.63) is 0 Å². The van der Waals surface area contributed by atoms with Crippen molar-refractivity contribution >= 4 is 17.5 Å². The molecule has 2 aliphatic rings. The van der Waals surface area contributed by atoms with Gasteiger partial charge >= 0.3 is 0 Å². The molecule has 2 fully saturated rings. The van der Waals surface area contributed by atoms with Gasteiger partial charge in [-0.1, -0.05) is 6.42 Å². The number of nitrogens with one attached hydrogen (secondary N) is 1. The molecule has 0 aromatic carbocycles. The fraction of sp³-hybridized carbons (Fsp3) is 0.875. The highest BCUT2D eigenvalue weighted by atomic mass is 35.5. The van der Waals surface area contributed by atoms with Crippen LogP contribution < -0.4 is 5.32 Å². The first kappa shape index (κ1) is 7.41. The number of hydrogen-bond acceptors (Lipinski definition) is 1. The van der Waals surface area contributed by atoms with Gasteiger partial charge in [-0.15, -0.1) is 11.6 Å². The Bertz CT molecular complexity index is 183. The van der Waals surface area contributed by atoms with Crippen LogP contribution in [0.1, 0.15) is 25.7 Å². The lowest BCUT2D eigenvalue weighted by atomic mass is 9.93. The fourth-order valence-corrected chi connectivity index (χ4v) is 2.45. The molecule has 0 aromatic rings. The number of carbonyl (C=O) groups excluding carboxylic acids is 1. The largest absolute Gasteiger partial charge is 0.352 e. The molecule has 0 radical (unpaired) electrons. The number of halogens is 1. The maximum Gasteiger partial charge on any atom is 0.238 e. The SMILES string of the molecule is O=C1NC2CCCC2CC1Cl. The third-order valence-electron chi connectivity index (χ3n) is 2.78. The maximum absolute atomic E-state index is 11.1. The molecule has 0 bridgehead atoms. The summed E-state index contributed by atoms with van der Waals surface area (Å²) in [7, 11) is 0. The summed E-state index contributed by atoms with van der Waals surface area (Å²) < 4.78 is 0. The highest BCUT2D eigenvalue weighted by Crippen LogP contribution is 2.33. The molecule has 1 N–H and O–H groups in total. The predicted octanol–water partition coefficient (Wildman–Crippen LogP) is 1.28. The Morgan fingerprint density at radius 2 is 2.27 bits per heavy atom. The average molecular weight is 174 g/mol. The minimum Gasteiger partial charge on any atom is -0.352 e. The molecule has 0 aromatic heterocycles. The first-order valence-corrected chi connectivity index (χ1v) is 4.65. The van der Waals surface area contributed by atoms with Crippen LogP contribution in [0.25, 0.3) is 0 Å². The van der Waals surface area contributed by atoms with Crippen LogP contribution in [0.15, 0.2) is 0 Å². The molecule has 1 saturated carbocycles. The van der Waals surface area contributed by atoms with Crippen molar-refractivity contribution < 1.29 is 4.79 Å². The van der Waals surface area contributed by atoms with Gasteiger partial charge in [-0.05, 0) is 25.2 Å². The standard InChI is InChI=1S/C8H12ClNO/c9-6-4-5-2-1-3-7(5)10-8(6)11/h5-7H,1-4H2,(H,10,11). The van der Waals surface area contributed by atoms with E-state index in [-0.39, 0.29) is 11.3 Å². The summed E-state index contributed by atoms with van der Waals surface area (Å²) >= 11 is 5.82. The summed E-state index contributed by atoms with van der Waals surface area (Å²) in [5, 5.41) is 2.69. The van der Waals surface area contributed by atoms with Crippen LogP contribution >= 0.6 is 11.6 Å². The van der Waals surface area contributed by atoms with Gasteiger partial charge in [-0.2, -0.15) is 0 Å². The van der Waals surface area contributed by atoms with Crippen LogP contribution in [-0.2, 0) is 4.79 Å². The molecule has 1 amide bonds. The second-order valence-corrected chi connectivity index (χ2v) is 4.04. The van der Waals surface area contributed by atoms with E-state index in [1.54, 1.807) is 0 Å². The molecule has 11 heavy (non-hydrogen) atoms. The van der Waals surface area contributed by atoms with Gasteiger partial charge in [0.25, 0.3) is 0 Å². The summed E-state index contributed by atoms with van der Waals surface area (Å²) in [4.78, 5) is 11.1. The van der Waals surface area contributed by atoms with Crippen LogP contribution in [-0.4, -0.2) is 17.3 Å². The van der Waals surface area contributed by atoms with Crippen LogP contribution in [0.4, 0.5) is 0 Å². The zero-order valence-electron chi connectivity index (χ0n) is 6.35. The Morgan fingerprint density at radius 3 is 3.09 bits per heavy atom. The van der Waals surface area contributed by atoms with Crippen molar-refractivity contribution in [2.75, 3.05) is 0 Å². The zero-order valence-corrected chi connectivity index (χ0v) is 7.10. The normalized spacial score (nSPS) is 43.4. The van der Waals surface area contributed by atoms with Crippen molar-refractivity contribution in [3.8, 4) is 0 Å². The van der Waals surface area contributed by atoms with Crippen LogP contribution in [0.5, 0.6) is 0 Å². The lowest BCUT2D eigenvalue weighted by Gasteiger charge is -2.28. The van der Waals surface area contributed by atoms with Crippen LogP contribution in [0.3, 0.4) is 0 Å². The third kappa shape index (κ3) is 1.24. The molecular weight excluding hydrogens is 162 g/mol. The number of rotatable bonds is 0. The van der Waals surface area contributed by atoms with Gasteiger partial charge in [0.05, 0.1) is 0 Å². The van der Waals surface area contributed by atoms with Crippen molar-refractivity contribution in [2.24, 2.45) is 5.92 Å². The van der Waals surface area contributed by atoms with E-state index in [0.29, 0.717) is 12.0 Å². The fourth-order valence-electron chi connectivity index (χ4n) is 2.15. The number of hydrogen-bond donors (Lipinski definition) is 1. The highest BCUT2D eigenvalue weighted by molar-refractivity contribution is 6.30. The molecule has 1 heterocycles. The van der Waals surface area contributed by atoms with E-state index in [1.807, 2.05) is 0 Å². The first-order chi connectivity index (χ1) is 5.27. The minimum absolute atomic E-state index is 0.0369. The molecule has 0 spiro atoms. The third-order valence-corrected chi connectivity index (χ3v) is 3.16. The van der Waals surface area contributed by atoms with Crippen LogP contribution in [0.2, 0.25) is 0 Å². The summed E-state index contributed by atoms with van der Waals surface area (Å²) in [6.07, 6.45) is 4.53. The van der Waals surface area contributed by atoms with Crippen molar-refractivity contribution in [1.29, 1.82) is 0 Å². The molecule has 3 heteroatoms. The molecule has 2 rings (SSSR count). The lowest BCUT2D eigenvalue weighted by Crippen LogP contribution is -2.47. The molecule has 3 atom stereocenters. The van der Waals surface area contributed by atoms with Gasteiger partial charge in [0.2, 0.25) is 5.91 Å². The van der Waals surface area contributed by atoms with E-state index in [4.69, 9.17) is 11.6 Å². The molecule has 62 valence electrons. The summed E-state index contributed by atoms with van der Waals surface area (Å²) in [5.41, 5.74) is 0. The van der Waals surface area contributed by atoms with E-state index >= 15 is 0 Å². The minimum atomic E-state index is -0.269. The monoisotopic (exact) mass is 173 g/mol. The second-order valence-electron chi connectivity index (χ2n) is 3.51. The molecule has 1 saturated heterocycles. The predicted molar refractivity (Wildman–Crippen MR) is 43.5 cm³/mol. The Hall–Kier alpha value is -0.240. The molecule has 2 nitrogen and oxygen atoms in total. The first-order valence-electron chi connectivity index (χ1n) is 4.22. The van der Waals surface area contributed by atoms with Gasteiger partial charge in [-0.25, -0.2) is 0 Å². The van der Waals surface area contributed by atoms with E-state index in [1.165, 1.54) is 12.8 Å². The van der Waals surface area contributed by atoms with Gasteiger partial charge in [0.1, 0.15) is 5.38 Å². The van der Waals surface area contributed by atoms with Gasteiger partial charge < -0.3 is 5.32 Å². The summed E-state index contributed by atoms with van der Waals surface area (Å²) in [6.45, 7) is 0. The highest BCUT2D eigenvalue weighted by Gasteiger charge is 2.36. The number of carbonyl (C=O) groups is 1. The lowest BCUT2D eigenvalue weighted by molar-refractivity contribution is -0.123. The molecule has 1 aliphatic heterocycles. The molecular formula is C8H12ClNO. The molecule has 3 unspecified atom stereocenters. The Kier molecular flexibility index (Phi) is 1.80. The summed E-state index contributed by atoms with van der Waals surface area (Å²) in [5.74, 6) is 0.699. The number of fused-ring (bicyclic) bond motifs is 1. The number of piperidine rings is 1. The van der Waals surface area contributed by atoms with Gasteiger partial charge in [-0.3, -0.25) is 4.79 Å².